The van der Waals surface area contributed by atoms with E-state index in [9.17, 15) is 14.4 Å². The lowest BCUT2D eigenvalue weighted by atomic mass is 10.2. The van der Waals surface area contributed by atoms with Gasteiger partial charge in [-0.05, 0) is 55.8 Å². The Morgan fingerprint density at radius 3 is 2.26 bits per heavy atom. The number of ether oxygens (including phenoxy) is 1. The number of aryl methyl sites for hydroxylation is 1. The van der Waals surface area contributed by atoms with Crippen molar-refractivity contribution in [1.29, 1.82) is 0 Å². The van der Waals surface area contributed by atoms with E-state index < -0.39 is 17.7 Å². The fourth-order valence-corrected chi connectivity index (χ4v) is 2.29. The van der Waals surface area contributed by atoms with Gasteiger partial charge in [0.25, 0.3) is 0 Å². The summed E-state index contributed by atoms with van der Waals surface area (Å²) in [5, 5.41) is 7.81. The van der Waals surface area contributed by atoms with E-state index in [4.69, 9.17) is 16.3 Å². The molecule has 2 aromatic carbocycles. The average molecular weight is 390 g/mol. The van der Waals surface area contributed by atoms with Crippen molar-refractivity contribution in [3.05, 3.63) is 53.1 Å². The summed E-state index contributed by atoms with van der Waals surface area (Å²) in [5.41, 5.74) is 1.83. The van der Waals surface area contributed by atoms with Gasteiger partial charge < -0.3 is 20.7 Å². The molecular formula is C19H20ClN3O4. The normalized spacial score (nSPS) is 10.0. The first kappa shape index (κ1) is 20.3. The maximum atomic E-state index is 11.9. The van der Waals surface area contributed by atoms with Crippen molar-refractivity contribution in [1.82, 2.24) is 5.32 Å². The molecule has 8 heteroatoms. The molecule has 2 rings (SSSR count). The summed E-state index contributed by atoms with van der Waals surface area (Å²) in [5.74, 6) is -1.60. The molecule has 0 spiro atoms. The smallest absolute Gasteiger partial charge is 0.313 e. The predicted octanol–water partition coefficient (Wildman–Crippen LogP) is 2.74. The fraction of sp³-hybridized carbons (Fsp3) is 0.211. The second-order valence-electron chi connectivity index (χ2n) is 5.61. The molecule has 3 amide bonds. The predicted molar refractivity (Wildman–Crippen MR) is 104 cm³/mol. The third-order valence-electron chi connectivity index (χ3n) is 3.49. The molecular weight excluding hydrogens is 370 g/mol. The lowest BCUT2D eigenvalue weighted by Crippen LogP contribution is -2.39. The van der Waals surface area contributed by atoms with E-state index in [1.54, 1.807) is 42.5 Å². The van der Waals surface area contributed by atoms with Crippen molar-refractivity contribution < 1.29 is 19.1 Å². The first-order valence-corrected chi connectivity index (χ1v) is 8.65. The highest BCUT2D eigenvalue weighted by atomic mass is 35.5. The zero-order valence-corrected chi connectivity index (χ0v) is 15.7. The van der Waals surface area contributed by atoms with Crippen molar-refractivity contribution in [2.45, 2.75) is 13.8 Å². The minimum atomic E-state index is -0.916. The highest BCUT2D eigenvalue weighted by Crippen LogP contribution is 2.19. The van der Waals surface area contributed by atoms with E-state index in [2.05, 4.69) is 16.0 Å². The average Bonchev–Trinajstić information content (AvgIpc) is 2.64. The standard InChI is InChI=1S/C19H20ClN3O4/c1-3-27-15-8-6-13(7-9-15)23-19(26)18(25)21-11-17(24)22-14-5-4-12(2)16(20)10-14/h4-10H,3,11H2,1-2H3,(H,21,25)(H,22,24)(H,23,26). The van der Waals surface area contributed by atoms with Crippen LogP contribution in [0.3, 0.4) is 0 Å². The van der Waals surface area contributed by atoms with Crippen LogP contribution in [0.25, 0.3) is 0 Å². The van der Waals surface area contributed by atoms with Crippen molar-refractivity contribution in [2.75, 3.05) is 23.8 Å². The monoisotopic (exact) mass is 389 g/mol. The highest BCUT2D eigenvalue weighted by molar-refractivity contribution is 6.40. The Morgan fingerprint density at radius 1 is 0.963 bits per heavy atom. The van der Waals surface area contributed by atoms with Gasteiger partial charge in [-0.25, -0.2) is 0 Å². The Kier molecular flexibility index (Phi) is 7.19. The van der Waals surface area contributed by atoms with E-state index in [0.29, 0.717) is 28.8 Å². The molecule has 0 aliphatic heterocycles. The topological polar surface area (TPSA) is 96.5 Å². The quantitative estimate of drug-likeness (QED) is 0.662. The minimum absolute atomic E-state index is 0.346. The molecule has 0 atom stereocenters. The maximum Gasteiger partial charge on any atom is 0.313 e. The summed E-state index contributed by atoms with van der Waals surface area (Å²) < 4.78 is 5.30. The Balaban J connectivity index is 1.80. The summed E-state index contributed by atoms with van der Waals surface area (Å²) in [7, 11) is 0. The van der Waals surface area contributed by atoms with Gasteiger partial charge in [0.05, 0.1) is 13.2 Å². The van der Waals surface area contributed by atoms with Gasteiger partial charge in [0.2, 0.25) is 5.91 Å². The summed E-state index contributed by atoms with van der Waals surface area (Å²) in [6.07, 6.45) is 0. The lowest BCUT2D eigenvalue weighted by Gasteiger charge is -2.09. The van der Waals surface area contributed by atoms with E-state index in [0.717, 1.165) is 5.56 Å². The van der Waals surface area contributed by atoms with Crippen LogP contribution in [0.1, 0.15) is 12.5 Å². The number of nitrogens with one attached hydrogen (secondary N) is 3. The Labute approximate surface area is 162 Å². The molecule has 3 N–H and O–H groups in total. The van der Waals surface area contributed by atoms with Crippen LogP contribution in [0.2, 0.25) is 5.02 Å². The number of hydrogen-bond acceptors (Lipinski definition) is 4. The number of hydrogen-bond donors (Lipinski definition) is 3. The highest BCUT2D eigenvalue weighted by Gasteiger charge is 2.15. The Bertz CT molecular complexity index is 837. The summed E-state index contributed by atoms with van der Waals surface area (Å²) in [6, 6.07) is 11.7. The SMILES string of the molecule is CCOc1ccc(NC(=O)C(=O)NCC(=O)Nc2ccc(C)c(Cl)c2)cc1. The molecule has 0 aliphatic carbocycles. The van der Waals surface area contributed by atoms with Gasteiger partial charge in [0.15, 0.2) is 0 Å². The van der Waals surface area contributed by atoms with Gasteiger partial charge in [-0.1, -0.05) is 17.7 Å². The van der Waals surface area contributed by atoms with Crippen LogP contribution < -0.4 is 20.7 Å². The number of rotatable bonds is 6. The number of anilines is 2. The zero-order chi connectivity index (χ0) is 19.8. The molecule has 142 valence electrons. The van der Waals surface area contributed by atoms with Crippen LogP contribution in [-0.4, -0.2) is 30.9 Å². The first-order valence-electron chi connectivity index (χ1n) is 8.27. The van der Waals surface area contributed by atoms with Crippen molar-refractivity contribution in [2.24, 2.45) is 0 Å². The van der Waals surface area contributed by atoms with Crippen molar-refractivity contribution >= 4 is 40.7 Å². The van der Waals surface area contributed by atoms with Crippen molar-refractivity contribution in [3.63, 3.8) is 0 Å². The molecule has 0 aromatic heterocycles. The fourth-order valence-electron chi connectivity index (χ4n) is 2.11. The molecule has 27 heavy (non-hydrogen) atoms. The number of carbonyl (C=O) groups excluding carboxylic acids is 3. The number of amides is 3. The number of halogens is 1. The van der Waals surface area contributed by atoms with Crippen LogP contribution in [0.15, 0.2) is 42.5 Å². The molecule has 0 aliphatic rings. The van der Waals surface area contributed by atoms with Crippen LogP contribution >= 0.6 is 11.6 Å². The molecule has 0 bridgehead atoms. The maximum absolute atomic E-state index is 11.9. The summed E-state index contributed by atoms with van der Waals surface area (Å²) >= 11 is 5.99. The molecule has 0 radical (unpaired) electrons. The Morgan fingerprint density at radius 2 is 1.63 bits per heavy atom. The molecule has 0 unspecified atom stereocenters. The minimum Gasteiger partial charge on any atom is -0.494 e. The van der Waals surface area contributed by atoms with Crippen LogP contribution in [0.4, 0.5) is 11.4 Å². The number of benzene rings is 2. The second-order valence-corrected chi connectivity index (χ2v) is 6.01. The van der Waals surface area contributed by atoms with E-state index >= 15 is 0 Å². The van der Waals surface area contributed by atoms with Crippen molar-refractivity contribution in [3.8, 4) is 5.75 Å². The second kappa shape index (κ2) is 9.59. The van der Waals surface area contributed by atoms with Crippen LogP contribution in [-0.2, 0) is 14.4 Å². The molecule has 2 aromatic rings. The molecule has 0 saturated heterocycles. The first-order chi connectivity index (χ1) is 12.9. The lowest BCUT2D eigenvalue weighted by molar-refractivity contribution is -0.136. The van der Waals surface area contributed by atoms with Gasteiger partial charge >= 0.3 is 11.8 Å². The third-order valence-corrected chi connectivity index (χ3v) is 3.90. The van der Waals surface area contributed by atoms with E-state index in [1.807, 2.05) is 13.8 Å². The molecule has 7 nitrogen and oxygen atoms in total. The van der Waals surface area contributed by atoms with Gasteiger partial charge in [0.1, 0.15) is 5.75 Å². The summed E-state index contributed by atoms with van der Waals surface area (Å²) in [6.45, 7) is 3.90. The summed E-state index contributed by atoms with van der Waals surface area (Å²) in [4.78, 5) is 35.6. The molecule has 0 fully saturated rings. The van der Waals surface area contributed by atoms with Gasteiger partial charge in [-0.15, -0.1) is 0 Å². The largest absolute Gasteiger partial charge is 0.494 e. The zero-order valence-electron chi connectivity index (χ0n) is 15.0. The Hall–Kier alpha value is -3.06. The van der Waals surface area contributed by atoms with E-state index in [-0.39, 0.29) is 6.54 Å². The van der Waals surface area contributed by atoms with Crippen LogP contribution in [0.5, 0.6) is 5.75 Å². The van der Waals surface area contributed by atoms with Gasteiger partial charge in [0, 0.05) is 16.4 Å². The number of carbonyl (C=O) groups is 3. The third kappa shape index (κ3) is 6.31. The van der Waals surface area contributed by atoms with Crippen LogP contribution in [0, 0.1) is 6.92 Å². The molecule has 0 heterocycles. The van der Waals surface area contributed by atoms with E-state index in [1.165, 1.54) is 0 Å². The van der Waals surface area contributed by atoms with Gasteiger partial charge in [-0.2, -0.15) is 0 Å². The molecule has 0 saturated carbocycles. The van der Waals surface area contributed by atoms with Gasteiger partial charge in [-0.3, -0.25) is 14.4 Å².